The van der Waals surface area contributed by atoms with Crippen LogP contribution in [0.5, 0.6) is 0 Å². The van der Waals surface area contributed by atoms with Crippen molar-refractivity contribution in [2.45, 2.75) is 58.9 Å². The van der Waals surface area contributed by atoms with Crippen LogP contribution in [0.1, 0.15) is 57.2 Å². The van der Waals surface area contributed by atoms with Crippen LogP contribution >= 0.6 is 11.3 Å². The predicted octanol–water partition coefficient (Wildman–Crippen LogP) is 3.86. The molecule has 0 aliphatic heterocycles. The molecule has 0 saturated heterocycles. The zero-order valence-corrected chi connectivity index (χ0v) is 12.3. The number of hydrogen-bond donors (Lipinski definition) is 1. The zero-order chi connectivity index (χ0) is 12.5. The third-order valence-electron chi connectivity index (χ3n) is 4.00. The molecule has 96 valence electrons. The van der Waals surface area contributed by atoms with E-state index < -0.39 is 0 Å². The molecule has 0 aromatic carbocycles. The van der Waals surface area contributed by atoms with Crippen molar-refractivity contribution >= 4 is 11.3 Å². The van der Waals surface area contributed by atoms with E-state index >= 15 is 0 Å². The maximum absolute atomic E-state index is 4.73. The molecule has 0 radical (unpaired) electrons. The number of thiazole rings is 1. The molecule has 0 bridgehead atoms. The van der Waals surface area contributed by atoms with E-state index in [2.05, 4.69) is 38.4 Å². The first kappa shape index (κ1) is 13.0. The summed E-state index contributed by atoms with van der Waals surface area (Å²) in [4.78, 5) is 4.73. The van der Waals surface area contributed by atoms with Crippen LogP contribution in [0.3, 0.4) is 0 Å². The van der Waals surface area contributed by atoms with Gasteiger partial charge in [-0.3, -0.25) is 0 Å². The molecule has 1 aliphatic carbocycles. The first-order valence-electron chi connectivity index (χ1n) is 6.65. The Balaban J connectivity index is 2.22. The summed E-state index contributed by atoms with van der Waals surface area (Å²) in [6, 6.07) is 0. The molecule has 1 aromatic rings. The van der Waals surface area contributed by atoms with Gasteiger partial charge in [0.25, 0.3) is 0 Å². The van der Waals surface area contributed by atoms with Crippen molar-refractivity contribution in [3.8, 4) is 0 Å². The van der Waals surface area contributed by atoms with E-state index in [9.17, 15) is 0 Å². The average Bonchev–Trinajstić information content (AvgIpc) is 2.69. The van der Waals surface area contributed by atoms with Gasteiger partial charge in [0.2, 0.25) is 0 Å². The Bertz CT molecular complexity index is 371. The Morgan fingerprint density at radius 1 is 1.29 bits per heavy atom. The molecule has 1 N–H and O–H groups in total. The maximum atomic E-state index is 4.73. The summed E-state index contributed by atoms with van der Waals surface area (Å²) in [5.41, 5.74) is 1.82. The molecule has 2 rings (SSSR count). The lowest BCUT2D eigenvalue weighted by molar-refractivity contribution is 0.135. The number of nitrogens with one attached hydrogen (secondary N) is 1. The number of hydrogen-bond acceptors (Lipinski definition) is 3. The summed E-state index contributed by atoms with van der Waals surface area (Å²) < 4.78 is 0. The molecule has 0 unspecified atom stereocenters. The summed E-state index contributed by atoms with van der Waals surface area (Å²) >= 11 is 1.82. The van der Waals surface area contributed by atoms with Crippen molar-refractivity contribution in [1.82, 2.24) is 10.3 Å². The number of aryl methyl sites for hydroxylation is 1. The molecule has 1 aliphatic rings. The van der Waals surface area contributed by atoms with Gasteiger partial charge in [-0.25, -0.2) is 4.98 Å². The highest BCUT2D eigenvalue weighted by atomic mass is 32.1. The fourth-order valence-corrected chi connectivity index (χ4v) is 3.77. The predicted molar refractivity (Wildman–Crippen MR) is 74.5 cm³/mol. The Labute approximate surface area is 109 Å². The molecule has 1 fully saturated rings. The van der Waals surface area contributed by atoms with Crippen molar-refractivity contribution in [2.24, 2.45) is 5.41 Å². The van der Waals surface area contributed by atoms with Gasteiger partial charge in [0.05, 0.1) is 5.54 Å². The first-order valence-corrected chi connectivity index (χ1v) is 7.53. The molecule has 1 heterocycles. The number of nitrogens with zero attached hydrogens (tertiary/aromatic N) is 1. The van der Waals surface area contributed by atoms with Gasteiger partial charge in [0.1, 0.15) is 5.01 Å². The van der Waals surface area contributed by atoms with Crippen molar-refractivity contribution < 1.29 is 0 Å². The average molecular weight is 252 g/mol. The van der Waals surface area contributed by atoms with E-state index in [0.717, 1.165) is 12.2 Å². The highest BCUT2D eigenvalue weighted by Gasteiger charge is 2.40. The summed E-state index contributed by atoms with van der Waals surface area (Å²) in [6.45, 7) is 10.1. The highest BCUT2D eigenvalue weighted by Crippen LogP contribution is 2.45. The van der Waals surface area contributed by atoms with E-state index in [1.54, 1.807) is 0 Å². The number of aromatic nitrogens is 1. The molecule has 2 nitrogen and oxygen atoms in total. The minimum absolute atomic E-state index is 0.156. The normalized spacial score (nSPS) is 22.6. The molecule has 17 heavy (non-hydrogen) atoms. The second kappa shape index (κ2) is 4.69. The van der Waals surface area contributed by atoms with Gasteiger partial charge in [-0.1, -0.05) is 20.8 Å². The Kier molecular flexibility index (Phi) is 3.60. The lowest BCUT2D eigenvalue weighted by atomic mass is 9.69. The molecule has 0 spiro atoms. The van der Waals surface area contributed by atoms with Crippen LogP contribution in [-0.4, -0.2) is 11.5 Å². The number of rotatable bonds is 3. The molecular weight excluding hydrogens is 228 g/mol. The van der Waals surface area contributed by atoms with Gasteiger partial charge in [0, 0.05) is 11.1 Å². The molecule has 1 aromatic heterocycles. The maximum Gasteiger partial charge on any atom is 0.113 e. The van der Waals surface area contributed by atoms with Gasteiger partial charge < -0.3 is 5.32 Å². The smallest absolute Gasteiger partial charge is 0.113 e. The quantitative estimate of drug-likeness (QED) is 0.883. The van der Waals surface area contributed by atoms with Crippen molar-refractivity contribution in [1.29, 1.82) is 0 Å². The van der Waals surface area contributed by atoms with Crippen molar-refractivity contribution in [2.75, 3.05) is 6.54 Å². The second-order valence-corrected chi connectivity index (χ2v) is 6.93. The summed E-state index contributed by atoms with van der Waals surface area (Å²) in [5.74, 6) is 0. The Morgan fingerprint density at radius 3 is 2.41 bits per heavy atom. The van der Waals surface area contributed by atoms with Gasteiger partial charge >= 0.3 is 0 Å². The minimum Gasteiger partial charge on any atom is -0.306 e. The van der Waals surface area contributed by atoms with Crippen molar-refractivity contribution in [3.05, 3.63) is 16.1 Å². The molecule has 0 atom stereocenters. The summed E-state index contributed by atoms with van der Waals surface area (Å²) in [6.07, 6.45) is 5.03. The van der Waals surface area contributed by atoms with Crippen LogP contribution in [0.15, 0.2) is 5.38 Å². The molecule has 0 amide bonds. The fraction of sp³-hybridized carbons (Fsp3) is 0.786. The topological polar surface area (TPSA) is 24.9 Å². The van der Waals surface area contributed by atoms with Crippen LogP contribution in [0.25, 0.3) is 0 Å². The highest BCUT2D eigenvalue weighted by molar-refractivity contribution is 7.09. The third-order valence-corrected chi connectivity index (χ3v) is 5.16. The first-order chi connectivity index (χ1) is 7.97. The summed E-state index contributed by atoms with van der Waals surface area (Å²) in [5, 5.41) is 7.19. The van der Waals surface area contributed by atoms with E-state index in [0.29, 0.717) is 5.41 Å². The largest absolute Gasteiger partial charge is 0.306 e. The van der Waals surface area contributed by atoms with E-state index in [-0.39, 0.29) is 5.54 Å². The van der Waals surface area contributed by atoms with Crippen LogP contribution in [-0.2, 0) is 5.54 Å². The van der Waals surface area contributed by atoms with Crippen LogP contribution in [0.2, 0.25) is 0 Å². The minimum atomic E-state index is 0.156. The SMILES string of the molecule is CCNC1(c2nc(C)cs2)CCC(C)(C)CC1. The Morgan fingerprint density at radius 2 is 1.94 bits per heavy atom. The van der Waals surface area contributed by atoms with Gasteiger partial charge in [0.15, 0.2) is 0 Å². The lowest BCUT2D eigenvalue weighted by Crippen LogP contribution is -2.46. The van der Waals surface area contributed by atoms with E-state index in [1.165, 1.54) is 30.7 Å². The van der Waals surface area contributed by atoms with Crippen LogP contribution in [0.4, 0.5) is 0 Å². The van der Waals surface area contributed by atoms with Gasteiger partial charge in [-0.2, -0.15) is 0 Å². The van der Waals surface area contributed by atoms with E-state index in [4.69, 9.17) is 4.98 Å². The standard InChI is InChI=1S/C14H24N2S/c1-5-15-14(12-16-11(2)10-17-12)8-6-13(3,4)7-9-14/h10,15H,5-9H2,1-4H3. The van der Waals surface area contributed by atoms with Gasteiger partial charge in [-0.05, 0) is 44.6 Å². The molecular formula is C14H24N2S. The van der Waals surface area contributed by atoms with E-state index in [1.807, 2.05) is 11.3 Å². The van der Waals surface area contributed by atoms with Crippen LogP contribution in [0, 0.1) is 12.3 Å². The molecule has 1 saturated carbocycles. The summed E-state index contributed by atoms with van der Waals surface area (Å²) in [7, 11) is 0. The van der Waals surface area contributed by atoms with Crippen LogP contribution < -0.4 is 5.32 Å². The van der Waals surface area contributed by atoms with Gasteiger partial charge in [-0.15, -0.1) is 11.3 Å². The lowest BCUT2D eigenvalue weighted by Gasteiger charge is -2.43. The Hall–Kier alpha value is -0.410. The fourth-order valence-electron chi connectivity index (χ4n) is 2.73. The third kappa shape index (κ3) is 2.71. The molecule has 3 heteroatoms. The zero-order valence-electron chi connectivity index (χ0n) is 11.5. The second-order valence-electron chi connectivity index (χ2n) is 6.07. The van der Waals surface area contributed by atoms with Crippen molar-refractivity contribution in [3.63, 3.8) is 0 Å². The monoisotopic (exact) mass is 252 g/mol.